The van der Waals surface area contributed by atoms with E-state index < -0.39 is 118 Å². The van der Waals surface area contributed by atoms with Crippen molar-refractivity contribution in [3.63, 3.8) is 0 Å². The second-order valence-corrected chi connectivity index (χ2v) is 23.0. The second kappa shape index (κ2) is 27.8. The Balaban J connectivity index is 1.34. The third-order valence-electron chi connectivity index (χ3n) is 15.9. The first-order valence-corrected chi connectivity index (χ1v) is 28.2. The Morgan fingerprint density at radius 3 is 1.85 bits per heavy atom. The molecule has 0 spiro atoms. The van der Waals surface area contributed by atoms with Gasteiger partial charge in [0.2, 0.25) is 0 Å². The number of aliphatic hydroxyl groups is 3. The normalized spacial score (nSPS) is 28.0. The van der Waals surface area contributed by atoms with Crippen LogP contribution in [-0.4, -0.2) is 111 Å². The average molecular weight is 1120 g/mol. The summed E-state index contributed by atoms with van der Waals surface area (Å²) in [7, 11) is 0. The molecule has 16 nitrogen and oxygen atoms in total. The summed E-state index contributed by atoms with van der Waals surface area (Å²) in [6.45, 7) is 14.0. The molecule has 3 aliphatic carbocycles. The van der Waals surface area contributed by atoms with Gasteiger partial charge in [0, 0.05) is 31.6 Å². The molecular formula is C65H83NO15. The molecule has 16 heteroatoms. The van der Waals surface area contributed by atoms with Crippen molar-refractivity contribution in [3.8, 4) is 0 Å². The Morgan fingerprint density at radius 1 is 0.790 bits per heavy atom. The van der Waals surface area contributed by atoms with Crippen LogP contribution in [0, 0.1) is 16.7 Å². The zero-order chi connectivity index (χ0) is 59.2. The van der Waals surface area contributed by atoms with Crippen LogP contribution in [0.4, 0.5) is 4.79 Å². The van der Waals surface area contributed by atoms with E-state index in [-0.39, 0.29) is 42.6 Å². The Labute approximate surface area is 477 Å². The minimum atomic E-state index is -2.44. The highest BCUT2D eigenvalue weighted by atomic mass is 16.6. The van der Waals surface area contributed by atoms with E-state index >= 15 is 4.79 Å². The summed E-state index contributed by atoms with van der Waals surface area (Å²) in [5.74, 6) is -6.26. The number of ether oxygens (including phenoxy) is 6. The summed E-state index contributed by atoms with van der Waals surface area (Å²) >= 11 is 0. The number of rotatable bonds is 23. The van der Waals surface area contributed by atoms with E-state index in [1.165, 1.54) is 19.1 Å². The summed E-state index contributed by atoms with van der Waals surface area (Å²) in [6.07, 6.45) is 18.3. The van der Waals surface area contributed by atoms with Crippen molar-refractivity contribution >= 4 is 35.8 Å². The van der Waals surface area contributed by atoms with Crippen LogP contribution in [0.1, 0.15) is 148 Å². The van der Waals surface area contributed by atoms with Crippen LogP contribution in [0.15, 0.2) is 145 Å². The number of Topliss-reactive ketones (excluding diaryl/α,β-unsaturated/α-hetero) is 1. The molecule has 4 aliphatic rings. The number of carbonyl (C=O) groups is 6. The molecule has 2 bridgehead atoms. The van der Waals surface area contributed by atoms with Crippen LogP contribution in [0.3, 0.4) is 0 Å². The van der Waals surface area contributed by atoms with Crippen LogP contribution >= 0.6 is 0 Å². The van der Waals surface area contributed by atoms with Gasteiger partial charge in [0.05, 0.1) is 35.6 Å². The lowest BCUT2D eigenvalue weighted by Crippen LogP contribution is -2.82. The number of amides is 1. The Bertz CT molecular complexity index is 2750. The fourth-order valence-corrected chi connectivity index (χ4v) is 11.7. The number of nitrogens with one attached hydrogen (secondary N) is 1. The number of fused-ring (bicyclic) bond motifs is 5. The van der Waals surface area contributed by atoms with E-state index in [2.05, 4.69) is 60.8 Å². The molecule has 0 radical (unpaired) electrons. The summed E-state index contributed by atoms with van der Waals surface area (Å²) < 4.78 is 36.6. The lowest BCUT2D eigenvalue weighted by molar-refractivity contribution is -0.346. The van der Waals surface area contributed by atoms with Gasteiger partial charge < -0.3 is 49.1 Å². The minimum Gasteiger partial charge on any atom is -0.456 e. The van der Waals surface area contributed by atoms with Crippen LogP contribution in [0.25, 0.3) is 0 Å². The van der Waals surface area contributed by atoms with Gasteiger partial charge in [0.15, 0.2) is 23.6 Å². The van der Waals surface area contributed by atoms with Gasteiger partial charge in [0.25, 0.3) is 0 Å². The summed E-state index contributed by atoms with van der Waals surface area (Å²) in [6, 6.07) is 14.6. The van der Waals surface area contributed by atoms with Crippen LogP contribution in [-0.2, 0) is 47.6 Å². The first kappa shape index (κ1) is 63.5. The lowest BCUT2D eigenvalue weighted by atomic mass is 9.44. The molecule has 0 aromatic heterocycles. The third kappa shape index (κ3) is 14.9. The van der Waals surface area contributed by atoms with Gasteiger partial charge in [-0.25, -0.2) is 14.4 Å². The molecule has 438 valence electrons. The predicted molar refractivity (Wildman–Crippen MR) is 305 cm³/mol. The molecule has 4 N–H and O–H groups in total. The van der Waals surface area contributed by atoms with Crippen molar-refractivity contribution < 1.29 is 72.5 Å². The molecule has 2 unspecified atom stereocenters. The predicted octanol–water partition coefficient (Wildman–Crippen LogP) is 10.3. The largest absolute Gasteiger partial charge is 0.456 e. The Kier molecular flexibility index (Phi) is 21.8. The van der Waals surface area contributed by atoms with E-state index in [0.29, 0.717) is 12.0 Å². The maximum absolute atomic E-state index is 16.1. The first-order chi connectivity index (χ1) is 38.4. The maximum atomic E-state index is 16.1. The molecule has 11 atom stereocenters. The topological polar surface area (TPSA) is 231 Å². The van der Waals surface area contributed by atoms with E-state index in [1.54, 1.807) is 90.1 Å². The molecule has 2 aromatic carbocycles. The van der Waals surface area contributed by atoms with E-state index in [1.807, 2.05) is 24.3 Å². The number of esters is 4. The highest BCUT2D eigenvalue weighted by molar-refractivity contribution is 5.96. The first-order valence-electron chi connectivity index (χ1n) is 28.2. The van der Waals surface area contributed by atoms with Crippen molar-refractivity contribution in [3.05, 3.63) is 156 Å². The summed E-state index contributed by atoms with van der Waals surface area (Å²) in [4.78, 5) is 85.9. The SMILES string of the molecule is CC/C=C\C/C=C\C/C=C\C/C=C\C/C=C\C/C=C\CCC(=O)O[C@H]1C(=O)[C@@]2(C)[C@H]([C@H](OC(=O)c3ccccc3)[C@]3(O)CC(OC(=O)[C@H](O)C(NC(=O)OC(C)(C)C)c4ccccc4)C(C)=C1C3(C)C)[C@]1(OC(C)=O)CO[C@@H]1C[C@@H]2O. The van der Waals surface area contributed by atoms with Crippen LogP contribution in [0.2, 0.25) is 0 Å². The average Bonchev–Trinajstić information content (AvgIpc) is 3.41. The lowest BCUT2D eigenvalue weighted by Gasteiger charge is -2.67. The molecule has 3 fully saturated rings. The second-order valence-electron chi connectivity index (χ2n) is 23.0. The number of carbonyl (C=O) groups excluding carboxylic acids is 6. The maximum Gasteiger partial charge on any atom is 0.408 e. The van der Waals surface area contributed by atoms with Gasteiger partial charge in [-0.1, -0.05) is 142 Å². The van der Waals surface area contributed by atoms with Crippen molar-refractivity contribution in [2.45, 2.75) is 186 Å². The highest BCUT2D eigenvalue weighted by Gasteiger charge is 2.78. The van der Waals surface area contributed by atoms with Gasteiger partial charge >= 0.3 is 30.0 Å². The van der Waals surface area contributed by atoms with Crippen molar-refractivity contribution in [2.24, 2.45) is 16.7 Å². The summed E-state index contributed by atoms with van der Waals surface area (Å²) in [5.41, 5.74) is -8.50. The fraction of sp³-hybridized carbons (Fsp3) is 0.508. The Morgan fingerprint density at radius 2 is 1.33 bits per heavy atom. The number of hydrogen-bond donors (Lipinski definition) is 4. The van der Waals surface area contributed by atoms with Crippen molar-refractivity contribution in [1.82, 2.24) is 5.32 Å². The number of aliphatic hydroxyl groups excluding tert-OH is 2. The van der Waals surface area contributed by atoms with E-state index in [9.17, 15) is 39.3 Å². The molecular weight excluding hydrogens is 1030 g/mol. The van der Waals surface area contributed by atoms with Crippen LogP contribution < -0.4 is 5.32 Å². The highest BCUT2D eigenvalue weighted by Crippen LogP contribution is 2.64. The van der Waals surface area contributed by atoms with Gasteiger partial charge in [-0.3, -0.25) is 14.4 Å². The van der Waals surface area contributed by atoms with Gasteiger partial charge in [0.1, 0.15) is 29.5 Å². The third-order valence-corrected chi connectivity index (χ3v) is 15.9. The van der Waals surface area contributed by atoms with Crippen molar-refractivity contribution in [2.75, 3.05) is 6.61 Å². The van der Waals surface area contributed by atoms with Crippen LogP contribution in [0.5, 0.6) is 0 Å². The molecule has 2 saturated carbocycles. The zero-order valence-corrected chi connectivity index (χ0v) is 48.3. The fourth-order valence-electron chi connectivity index (χ4n) is 11.7. The molecule has 1 amide bonds. The molecule has 1 saturated heterocycles. The smallest absolute Gasteiger partial charge is 0.408 e. The number of hydrogen-bond acceptors (Lipinski definition) is 15. The quantitative estimate of drug-likeness (QED) is 0.0461. The molecule has 1 heterocycles. The number of benzene rings is 2. The van der Waals surface area contributed by atoms with Crippen molar-refractivity contribution in [1.29, 1.82) is 0 Å². The van der Waals surface area contributed by atoms with Gasteiger partial charge in [-0.05, 0) is 108 Å². The van der Waals surface area contributed by atoms with E-state index in [4.69, 9.17) is 28.4 Å². The number of allylic oxidation sites excluding steroid dienone is 12. The zero-order valence-electron chi connectivity index (χ0n) is 48.3. The minimum absolute atomic E-state index is 0.0107. The summed E-state index contributed by atoms with van der Waals surface area (Å²) in [5, 5.41) is 40.9. The number of alkyl carbamates (subject to hydrolysis) is 1. The number of ketones is 1. The van der Waals surface area contributed by atoms with E-state index in [0.717, 1.165) is 39.0 Å². The standard InChI is InChI=1S/C65H83NO15/c1-10-11-12-13-14-15-16-17-18-19-20-21-22-23-24-25-26-27-34-39-50(69)78-54-51-43(2)47(77-59(73)53(70)52(45-35-30-28-31-36-45)66-60(74)81-61(4,5)6)41-65(75,62(51,7)8)57(79-58(72)46-37-32-29-33-38-46)55-63(9,56(54)71)48(68)40-49-64(55,42-76-49)80-44(3)67/h11-12,14-15,17-18,20-21,23-24,26-33,35-38,47-49,52-55,57,68,70,75H,10,13,16,19,22,25,34,39-42H2,1-9H3,(H,66,74)/b12-11-,15-14-,18-17-,21-20-,24-23-,27-26-/t47?,48-,49+,52?,53+,54+,55-,57-,63+,64-,65+/m0/s1. The molecule has 6 rings (SSSR count). The van der Waals surface area contributed by atoms with Gasteiger partial charge in [-0.2, -0.15) is 0 Å². The molecule has 81 heavy (non-hydrogen) atoms. The Hall–Kier alpha value is -6.72. The monoisotopic (exact) mass is 1120 g/mol. The molecule has 1 aliphatic heterocycles. The molecule has 2 aromatic rings. The van der Waals surface area contributed by atoms with Gasteiger partial charge in [-0.15, -0.1) is 0 Å².